The van der Waals surface area contributed by atoms with Crippen molar-refractivity contribution in [2.75, 3.05) is 39.4 Å². The molecule has 6 heteroatoms. The summed E-state index contributed by atoms with van der Waals surface area (Å²) in [5, 5.41) is 11.0. The van der Waals surface area contributed by atoms with Gasteiger partial charge in [-0.3, -0.25) is 9.59 Å². The second-order valence-corrected chi connectivity index (χ2v) is 8.24. The first-order valence-corrected chi connectivity index (χ1v) is 10.9. The van der Waals surface area contributed by atoms with Gasteiger partial charge in [-0.1, -0.05) is 60.2 Å². The zero-order valence-electron chi connectivity index (χ0n) is 17.8. The minimum absolute atomic E-state index is 0.117. The highest BCUT2D eigenvalue weighted by molar-refractivity contribution is 6.46. The molecule has 6 nitrogen and oxygen atoms in total. The van der Waals surface area contributed by atoms with Crippen molar-refractivity contribution in [3.05, 3.63) is 76.9 Å². The number of nitrogens with one attached hydrogen (secondary N) is 1. The number of ether oxygens (including phenoxy) is 1. The van der Waals surface area contributed by atoms with Crippen LogP contribution in [0.2, 0.25) is 0 Å². The molecule has 1 atom stereocenters. The second kappa shape index (κ2) is 9.45. The Bertz CT molecular complexity index is 963. The third kappa shape index (κ3) is 4.55. The lowest BCUT2D eigenvalue weighted by atomic mass is 9.95. The zero-order chi connectivity index (χ0) is 21.8. The van der Waals surface area contributed by atoms with Crippen LogP contribution < -0.4 is 4.90 Å². The van der Waals surface area contributed by atoms with Crippen molar-refractivity contribution < 1.29 is 24.3 Å². The van der Waals surface area contributed by atoms with E-state index in [1.165, 1.54) is 4.90 Å². The SMILES string of the molecule is Cc1ccc(C(O)=C2C(=O)C(=O)N(CCC[NH+]3CCOCC3)C2c2ccccc2)cc1. The number of aryl methyl sites for hydroxylation is 1. The summed E-state index contributed by atoms with van der Waals surface area (Å²) >= 11 is 0. The van der Waals surface area contributed by atoms with Crippen LogP contribution >= 0.6 is 0 Å². The van der Waals surface area contributed by atoms with E-state index in [9.17, 15) is 14.7 Å². The van der Waals surface area contributed by atoms with Crippen molar-refractivity contribution >= 4 is 17.4 Å². The molecule has 162 valence electrons. The highest BCUT2D eigenvalue weighted by Crippen LogP contribution is 2.39. The van der Waals surface area contributed by atoms with E-state index in [0.29, 0.717) is 12.1 Å². The van der Waals surface area contributed by atoms with E-state index < -0.39 is 17.7 Å². The number of likely N-dealkylation sites (tertiary alicyclic amines) is 1. The van der Waals surface area contributed by atoms with E-state index in [1.54, 1.807) is 17.0 Å². The molecule has 2 aliphatic rings. The standard InChI is InChI=1S/C25H28N2O4/c1-18-8-10-20(11-9-18)23(28)21-22(19-6-3-2-4-7-19)27(25(30)24(21)29)13-5-12-26-14-16-31-17-15-26/h2-4,6-11,22,28H,5,12-17H2,1H3/p+1. The van der Waals surface area contributed by atoms with Crippen LogP contribution in [0.5, 0.6) is 0 Å². The third-order valence-electron chi connectivity index (χ3n) is 6.11. The molecule has 4 rings (SSSR count). The topological polar surface area (TPSA) is 71.3 Å². The third-order valence-corrected chi connectivity index (χ3v) is 6.11. The van der Waals surface area contributed by atoms with Crippen molar-refractivity contribution in [1.29, 1.82) is 0 Å². The Labute approximate surface area is 182 Å². The number of aliphatic hydroxyl groups is 1. The van der Waals surface area contributed by atoms with Gasteiger partial charge in [-0.2, -0.15) is 0 Å². The molecular formula is C25H29N2O4+. The van der Waals surface area contributed by atoms with Gasteiger partial charge in [0.25, 0.3) is 11.7 Å². The van der Waals surface area contributed by atoms with Gasteiger partial charge in [-0.05, 0) is 12.5 Å². The van der Waals surface area contributed by atoms with Gasteiger partial charge in [-0.25, -0.2) is 0 Å². The molecule has 1 unspecified atom stereocenters. The summed E-state index contributed by atoms with van der Waals surface area (Å²) in [5.41, 5.74) is 2.59. The first kappa shape index (κ1) is 21.3. The molecule has 2 heterocycles. The molecule has 2 saturated heterocycles. The van der Waals surface area contributed by atoms with Gasteiger partial charge in [0.15, 0.2) is 0 Å². The lowest BCUT2D eigenvalue weighted by Crippen LogP contribution is -3.14. The molecule has 1 amide bonds. The smallest absolute Gasteiger partial charge is 0.295 e. The number of benzene rings is 2. The first-order chi connectivity index (χ1) is 15.1. The Kier molecular flexibility index (Phi) is 6.49. The fraction of sp³-hybridized carbons (Fsp3) is 0.360. The quantitative estimate of drug-likeness (QED) is 0.423. The Morgan fingerprint density at radius 2 is 1.74 bits per heavy atom. The van der Waals surface area contributed by atoms with Crippen LogP contribution in [-0.2, 0) is 14.3 Å². The summed E-state index contributed by atoms with van der Waals surface area (Å²) in [6.07, 6.45) is 0.788. The number of aliphatic hydroxyl groups excluding tert-OH is 1. The Balaban J connectivity index is 1.64. The molecule has 2 aliphatic heterocycles. The van der Waals surface area contributed by atoms with E-state index in [-0.39, 0.29) is 11.3 Å². The highest BCUT2D eigenvalue weighted by atomic mass is 16.5. The number of amides is 1. The molecule has 0 bridgehead atoms. The fourth-order valence-electron chi connectivity index (χ4n) is 4.37. The van der Waals surface area contributed by atoms with Crippen LogP contribution in [0.3, 0.4) is 0 Å². The number of hydrogen-bond acceptors (Lipinski definition) is 4. The van der Waals surface area contributed by atoms with Crippen molar-refractivity contribution in [3.63, 3.8) is 0 Å². The minimum Gasteiger partial charge on any atom is -0.507 e. The maximum Gasteiger partial charge on any atom is 0.295 e. The van der Waals surface area contributed by atoms with Crippen LogP contribution in [0, 0.1) is 6.92 Å². The maximum atomic E-state index is 13.0. The number of carbonyl (C=O) groups excluding carboxylic acids is 2. The van der Waals surface area contributed by atoms with Gasteiger partial charge in [-0.15, -0.1) is 0 Å². The minimum atomic E-state index is -0.620. The lowest BCUT2D eigenvalue weighted by molar-refractivity contribution is -0.908. The summed E-state index contributed by atoms with van der Waals surface area (Å²) in [5.74, 6) is -1.28. The first-order valence-electron chi connectivity index (χ1n) is 10.9. The molecule has 2 N–H and O–H groups in total. The Morgan fingerprint density at radius 1 is 1.06 bits per heavy atom. The lowest BCUT2D eigenvalue weighted by Gasteiger charge is -2.27. The molecule has 0 aliphatic carbocycles. The summed E-state index contributed by atoms with van der Waals surface area (Å²) < 4.78 is 5.41. The number of quaternary nitrogens is 1. The van der Waals surface area contributed by atoms with Crippen LogP contribution in [0.4, 0.5) is 0 Å². The maximum absolute atomic E-state index is 13.0. The van der Waals surface area contributed by atoms with E-state index in [2.05, 4.69) is 0 Å². The van der Waals surface area contributed by atoms with Crippen molar-refractivity contribution in [3.8, 4) is 0 Å². The summed E-state index contributed by atoms with van der Waals surface area (Å²) in [6.45, 7) is 6.82. The van der Waals surface area contributed by atoms with E-state index >= 15 is 0 Å². The Morgan fingerprint density at radius 3 is 2.42 bits per heavy atom. The largest absolute Gasteiger partial charge is 0.507 e. The number of morpholine rings is 1. The summed E-state index contributed by atoms with van der Waals surface area (Å²) in [4.78, 5) is 29.1. The number of ketones is 1. The van der Waals surface area contributed by atoms with Crippen molar-refractivity contribution in [2.45, 2.75) is 19.4 Å². The van der Waals surface area contributed by atoms with Gasteiger partial charge in [0.1, 0.15) is 18.8 Å². The second-order valence-electron chi connectivity index (χ2n) is 8.24. The predicted molar refractivity (Wildman–Crippen MR) is 118 cm³/mol. The molecule has 2 aromatic carbocycles. The van der Waals surface area contributed by atoms with Gasteiger partial charge >= 0.3 is 0 Å². The van der Waals surface area contributed by atoms with Gasteiger partial charge < -0.3 is 19.6 Å². The van der Waals surface area contributed by atoms with E-state index in [4.69, 9.17) is 4.74 Å². The van der Waals surface area contributed by atoms with E-state index in [1.807, 2.05) is 49.4 Å². The molecule has 31 heavy (non-hydrogen) atoms. The van der Waals surface area contributed by atoms with Crippen LogP contribution in [-0.4, -0.2) is 61.1 Å². The van der Waals surface area contributed by atoms with Gasteiger partial charge in [0.2, 0.25) is 0 Å². The molecule has 2 aromatic rings. The molecule has 2 fully saturated rings. The number of Topliss-reactive ketones (excluding diaryl/α,β-unsaturated/α-hetero) is 1. The highest BCUT2D eigenvalue weighted by Gasteiger charge is 2.45. The predicted octanol–water partition coefficient (Wildman–Crippen LogP) is 1.72. The van der Waals surface area contributed by atoms with Gasteiger partial charge in [0, 0.05) is 18.5 Å². The van der Waals surface area contributed by atoms with Crippen LogP contribution in [0.15, 0.2) is 60.2 Å². The molecule has 0 aromatic heterocycles. The molecular weight excluding hydrogens is 392 g/mol. The van der Waals surface area contributed by atoms with E-state index in [0.717, 1.165) is 50.4 Å². The average Bonchev–Trinajstić information content (AvgIpc) is 3.05. The molecule has 0 radical (unpaired) electrons. The molecule has 0 saturated carbocycles. The number of rotatable bonds is 6. The average molecular weight is 422 g/mol. The number of hydrogen-bond donors (Lipinski definition) is 2. The number of nitrogens with zero attached hydrogens (tertiary/aromatic N) is 1. The molecule has 0 spiro atoms. The Hall–Kier alpha value is -2.96. The number of carbonyl (C=O) groups is 2. The van der Waals surface area contributed by atoms with Crippen molar-refractivity contribution in [2.24, 2.45) is 0 Å². The normalized spacial score (nSPS) is 21.6. The van der Waals surface area contributed by atoms with Crippen LogP contribution in [0.25, 0.3) is 5.76 Å². The van der Waals surface area contributed by atoms with Crippen molar-refractivity contribution in [1.82, 2.24) is 4.90 Å². The zero-order valence-corrected chi connectivity index (χ0v) is 17.8. The van der Waals surface area contributed by atoms with Gasteiger partial charge in [0.05, 0.1) is 31.4 Å². The summed E-state index contributed by atoms with van der Waals surface area (Å²) in [7, 11) is 0. The monoisotopic (exact) mass is 421 g/mol. The van der Waals surface area contributed by atoms with Crippen LogP contribution in [0.1, 0.15) is 29.2 Å². The summed E-state index contributed by atoms with van der Waals surface area (Å²) in [6, 6.07) is 16.2. The fourth-order valence-corrected chi connectivity index (χ4v) is 4.37.